The lowest BCUT2D eigenvalue weighted by Crippen LogP contribution is -2.54. The molecule has 10 atom stereocenters. The van der Waals surface area contributed by atoms with Gasteiger partial charge in [0, 0.05) is 6.42 Å². The maximum absolute atomic E-state index is 12.0. The van der Waals surface area contributed by atoms with E-state index in [1.54, 1.807) is 0 Å². The Morgan fingerprint density at radius 3 is 2.45 bits per heavy atom. The Bertz CT molecular complexity index is 699. The molecule has 4 rings (SSSR count). The first-order chi connectivity index (χ1) is 15.8. The molecule has 0 radical (unpaired) electrons. The predicted octanol–water partition coefficient (Wildman–Crippen LogP) is 8.45. The van der Waals surface area contributed by atoms with Crippen molar-refractivity contribution in [2.24, 2.45) is 58.2 Å². The molecule has 2 nitrogen and oxygen atoms in total. The van der Waals surface area contributed by atoms with E-state index >= 15 is 0 Å². The molecule has 4 fully saturated rings. The average molecular weight is 457 g/mol. The van der Waals surface area contributed by atoms with E-state index in [-0.39, 0.29) is 5.97 Å². The lowest BCUT2D eigenvalue weighted by molar-refractivity contribution is -0.143. The number of ether oxygens (including phenoxy) is 1. The van der Waals surface area contributed by atoms with Crippen molar-refractivity contribution in [3.63, 3.8) is 0 Å². The minimum atomic E-state index is -0.0352. The molecule has 33 heavy (non-hydrogen) atoms. The summed E-state index contributed by atoms with van der Waals surface area (Å²) in [6, 6.07) is 0. The number of rotatable bonds is 8. The van der Waals surface area contributed by atoms with Gasteiger partial charge in [-0.25, -0.2) is 0 Å². The molecule has 0 saturated heterocycles. The van der Waals surface area contributed by atoms with Crippen LogP contribution in [0, 0.1) is 58.2 Å². The number of esters is 1. The summed E-state index contributed by atoms with van der Waals surface area (Å²) in [6.07, 6.45) is 18.0. The molecule has 0 N–H and O–H groups in total. The third-order valence-electron chi connectivity index (χ3n) is 12.0. The molecule has 0 aliphatic heterocycles. The van der Waals surface area contributed by atoms with E-state index in [1.807, 2.05) is 6.92 Å². The van der Waals surface area contributed by atoms with E-state index in [0.717, 1.165) is 41.9 Å². The van der Waals surface area contributed by atoms with E-state index in [0.29, 0.717) is 35.7 Å². The highest BCUT2D eigenvalue weighted by molar-refractivity contribution is 5.69. The lowest BCUT2D eigenvalue weighted by atomic mass is 9.43. The molecular formula is C31H52O2. The number of hydrogen-bond donors (Lipinski definition) is 0. The summed E-state index contributed by atoms with van der Waals surface area (Å²) in [6.45, 7) is 16.8. The first kappa shape index (κ1) is 25.3. The molecular weight excluding hydrogens is 404 g/mol. The van der Waals surface area contributed by atoms with Crippen molar-refractivity contribution in [3.05, 3.63) is 12.7 Å². The van der Waals surface area contributed by atoms with Crippen molar-refractivity contribution in [1.82, 2.24) is 0 Å². The van der Waals surface area contributed by atoms with Crippen LogP contribution in [-0.4, -0.2) is 12.6 Å². The summed E-state index contributed by atoms with van der Waals surface area (Å²) in [5, 5.41) is 0. The fourth-order valence-electron chi connectivity index (χ4n) is 9.89. The van der Waals surface area contributed by atoms with Crippen LogP contribution in [0.4, 0.5) is 0 Å². The molecule has 0 aromatic rings. The fourth-order valence-corrected chi connectivity index (χ4v) is 9.89. The molecule has 3 unspecified atom stereocenters. The van der Waals surface area contributed by atoms with Gasteiger partial charge in [-0.15, -0.1) is 6.58 Å². The predicted molar refractivity (Wildman–Crippen MR) is 138 cm³/mol. The van der Waals surface area contributed by atoms with Crippen LogP contribution in [0.5, 0.6) is 0 Å². The third kappa shape index (κ3) is 4.47. The van der Waals surface area contributed by atoms with Gasteiger partial charge in [0.25, 0.3) is 0 Å². The van der Waals surface area contributed by atoms with Crippen molar-refractivity contribution >= 4 is 5.97 Å². The van der Waals surface area contributed by atoms with Gasteiger partial charge in [0.05, 0.1) is 6.61 Å². The molecule has 4 aliphatic carbocycles. The van der Waals surface area contributed by atoms with Crippen molar-refractivity contribution in [1.29, 1.82) is 0 Å². The van der Waals surface area contributed by atoms with Crippen LogP contribution in [0.25, 0.3) is 0 Å². The van der Waals surface area contributed by atoms with Gasteiger partial charge in [0.2, 0.25) is 0 Å². The van der Waals surface area contributed by atoms with Crippen molar-refractivity contribution in [3.8, 4) is 0 Å². The normalized spacial score (nSPS) is 44.2. The van der Waals surface area contributed by atoms with Gasteiger partial charge in [-0.2, -0.15) is 0 Å². The minimum absolute atomic E-state index is 0.0352. The summed E-state index contributed by atoms with van der Waals surface area (Å²) >= 11 is 0. The fraction of sp³-hybridized carbons (Fsp3) is 0.903. The average Bonchev–Trinajstić information content (AvgIpc) is 3.16. The third-order valence-corrected chi connectivity index (χ3v) is 12.0. The zero-order valence-corrected chi connectivity index (χ0v) is 22.4. The second-order valence-corrected chi connectivity index (χ2v) is 13.0. The Labute approximate surface area is 204 Å². The van der Waals surface area contributed by atoms with Crippen LogP contribution < -0.4 is 0 Å². The quantitative estimate of drug-likeness (QED) is 0.270. The Morgan fingerprint density at radius 1 is 1.03 bits per heavy atom. The number of hydrogen-bond acceptors (Lipinski definition) is 2. The Balaban J connectivity index is 1.46. The van der Waals surface area contributed by atoms with Crippen LogP contribution in [0.3, 0.4) is 0 Å². The SMILES string of the molecule is C=C[C@H](CCC(=O)OCC)[C@H]1CC[C@H]2[C@@H]3CCC4CC(C(C)CC)CC[C@]4(C)[C@H]3CC[C@]12C. The molecule has 2 heteroatoms. The first-order valence-electron chi connectivity index (χ1n) is 14.6. The molecule has 0 aromatic carbocycles. The first-order valence-corrected chi connectivity index (χ1v) is 14.6. The van der Waals surface area contributed by atoms with Crippen molar-refractivity contribution in [2.75, 3.05) is 6.61 Å². The topological polar surface area (TPSA) is 26.3 Å². The molecule has 188 valence electrons. The van der Waals surface area contributed by atoms with Gasteiger partial charge < -0.3 is 4.74 Å². The summed E-state index contributed by atoms with van der Waals surface area (Å²) in [5.74, 6) is 6.74. The van der Waals surface area contributed by atoms with E-state index < -0.39 is 0 Å². The zero-order valence-electron chi connectivity index (χ0n) is 22.4. The standard InChI is InChI=1S/C31H52O2/c1-7-21(4)23-16-18-30(5)24(20-23)11-12-25-27-14-13-26(31(27,6)19-17-28(25)30)22(8-2)10-15-29(32)33-9-3/h8,21-28H,2,7,9-20H2,1,3-6H3/t21?,22-,23?,24?,25+,26-,27+,28+,30+,31-/m1/s1. The second-order valence-electron chi connectivity index (χ2n) is 13.0. The number of fused-ring (bicyclic) bond motifs is 5. The van der Waals surface area contributed by atoms with Gasteiger partial charge >= 0.3 is 5.97 Å². The molecule has 0 spiro atoms. The maximum atomic E-state index is 12.0. The molecule has 4 saturated carbocycles. The minimum Gasteiger partial charge on any atom is -0.466 e. The van der Waals surface area contributed by atoms with Crippen LogP contribution >= 0.6 is 0 Å². The highest BCUT2D eigenvalue weighted by Crippen LogP contribution is 2.69. The van der Waals surface area contributed by atoms with E-state index in [4.69, 9.17) is 4.74 Å². The largest absolute Gasteiger partial charge is 0.466 e. The Hall–Kier alpha value is -0.790. The van der Waals surface area contributed by atoms with Crippen LogP contribution in [0.1, 0.15) is 112 Å². The van der Waals surface area contributed by atoms with Gasteiger partial charge in [-0.3, -0.25) is 4.79 Å². The highest BCUT2D eigenvalue weighted by Gasteiger charge is 2.60. The molecule has 0 heterocycles. The molecule has 0 bridgehead atoms. The number of carbonyl (C=O) groups excluding carboxylic acids is 1. The number of carbonyl (C=O) groups is 1. The Morgan fingerprint density at radius 2 is 1.76 bits per heavy atom. The van der Waals surface area contributed by atoms with Crippen molar-refractivity contribution < 1.29 is 9.53 Å². The monoisotopic (exact) mass is 456 g/mol. The van der Waals surface area contributed by atoms with Crippen LogP contribution in [-0.2, 0) is 9.53 Å². The summed E-state index contributed by atoms with van der Waals surface area (Å²) in [5.41, 5.74) is 1.03. The van der Waals surface area contributed by atoms with E-state index in [2.05, 4.69) is 40.3 Å². The second kappa shape index (κ2) is 10.1. The van der Waals surface area contributed by atoms with Crippen LogP contribution in [0.15, 0.2) is 12.7 Å². The van der Waals surface area contributed by atoms with Gasteiger partial charge in [-0.05, 0) is 129 Å². The van der Waals surface area contributed by atoms with Gasteiger partial charge in [0.1, 0.15) is 0 Å². The zero-order chi connectivity index (χ0) is 23.8. The smallest absolute Gasteiger partial charge is 0.305 e. The van der Waals surface area contributed by atoms with E-state index in [1.165, 1.54) is 64.2 Å². The molecule has 0 aromatic heterocycles. The summed E-state index contributed by atoms with van der Waals surface area (Å²) < 4.78 is 5.22. The van der Waals surface area contributed by atoms with Gasteiger partial charge in [0.15, 0.2) is 0 Å². The maximum Gasteiger partial charge on any atom is 0.305 e. The summed E-state index contributed by atoms with van der Waals surface area (Å²) in [7, 11) is 0. The van der Waals surface area contributed by atoms with Crippen LogP contribution in [0.2, 0.25) is 0 Å². The van der Waals surface area contributed by atoms with Gasteiger partial charge in [-0.1, -0.05) is 40.2 Å². The van der Waals surface area contributed by atoms with E-state index in [9.17, 15) is 4.79 Å². The molecule has 0 amide bonds. The Kier molecular flexibility index (Phi) is 7.72. The van der Waals surface area contributed by atoms with Crippen molar-refractivity contribution in [2.45, 2.75) is 112 Å². The lowest BCUT2D eigenvalue weighted by Gasteiger charge is -2.61. The number of allylic oxidation sites excluding steroid dienone is 1. The molecule has 4 aliphatic rings. The highest BCUT2D eigenvalue weighted by atomic mass is 16.5. The summed E-state index contributed by atoms with van der Waals surface area (Å²) in [4.78, 5) is 12.0.